The molecule has 0 N–H and O–H groups in total. The molecule has 0 fully saturated rings. The summed E-state index contributed by atoms with van der Waals surface area (Å²) in [4.78, 5) is 21.3. The van der Waals surface area contributed by atoms with Crippen LogP contribution in [0.5, 0.6) is 0 Å². The number of carbonyl (C=O) groups excluding carboxylic acids is 2. The zero-order valence-corrected chi connectivity index (χ0v) is 7.70. The Morgan fingerprint density at radius 1 is 1.31 bits per heavy atom. The van der Waals surface area contributed by atoms with Crippen molar-refractivity contribution in [1.82, 2.24) is 0 Å². The molecule has 0 saturated carbocycles. The fourth-order valence-corrected chi connectivity index (χ4v) is 0.447. The van der Waals surface area contributed by atoms with Crippen LogP contribution in [0.25, 0.3) is 0 Å². The number of rotatable bonds is 4. The van der Waals surface area contributed by atoms with Crippen molar-refractivity contribution in [1.29, 1.82) is 0 Å². The van der Waals surface area contributed by atoms with E-state index < -0.39 is 11.9 Å². The molecule has 72 valence electrons. The van der Waals surface area contributed by atoms with Crippen molar-refractivity contribution in [2.75, 3.05) is 13.7 Å². The summed E-state index contributed by atoms with van der Waals surface area (Å²) >= 11 is 0. The summed E-state index contributed by atoms with van der Waals surface area (Å²) in [6, 6.07) is 0. The lowest BCUT2D eigenvalue weighted by Crippen LogP contribution is -2.04. The second-order valence-electron chi connectivity index (χ2n) is 2.42. The second-order valence-corrected chi connectivity index (χ2v) is 2.42. The zero-order valence-electron chi connectivity index (χ0n) is 7.70. The largest absolute Gasteiger partial charge is 0.466 e. The third-order valence-corrected chi connectivity index (χ3v) is 1.02. The number of hydrogen-bond acceptors (Lipinski definition) is 4. The van der Waals surface area contributed by atoms with Crippen molar-refractivity contribution < 1.29 is 19.1 Å². The van der Waals surface area contributed by atoms with Crippen molar-refractivity contribution in [3.05, 3.63) is 24.3 Å². The molecule has 0 aliphatic rings. The van der Waals surface area contributed by atoms with Crippen LogP contribution in [0.2, 0.25) is 0 Å². The van der Waals surface area contributed by atoms with E-state index in [0.717, 1.165) is 17.7 Å². The first-order valence-corrected chi connectivity index (χ1v) is 3.63. The maximum Gasteiger partial charge on any atom is 0.331 e. The van der Waals surface area contributed by atoms with Gasteiger partial charge in [0.1, 0.15) is 6.61 Å². The molecule has 0 aliphatic carbocycles. The van der Waals surface area contributed by atoms with Gasteiger partial charge in [0.2, 0.25) is 0 Å². The molecule has 4 nitrogen and oxygen atoms in total. The van der Waals surface area contributed by atoms with Crippen molar-refractivity contribution in [3.8, 4) is 0 Å². The predicted molar refractivity (Wildman–Crippen MR) is 46.9 cm³/mol. The highest BCUT2D eigenvalue weighted by molar-refractivity contribution is 5.91. The standard InChI is InChI=1S/C9H12O4/c1-7(2)6-13-9(11)5-4-8(10)12-3/h4-5H,1,6H2,2-3H3. The Morgan fingerprint density at radius 3 is 2.31 bits per heavy atom. The van der Waals surface area contributed by atoms with Crippen LogP contribution in [0.4, 0.5) is 0 Å². The van der Waals surface area contributed by atoms with Crippen molar-refractivity contribution >= 4 is 11.9 Å². The Hall–Kier alpha value is -1.58. The van der Waals surface area contributed by atoms with Crippen molar-refractivity contribution in [2.24, 2.45) is 0 Å². The lowest BCUT2D eigenvalue weighted by Gasteiger charge is -1.99. The van der Waals surface area contributed by atoms with Gasteiger partial charge < -0.3 is 9.47 Å². The average Bonchev–Trinajstić information content (AvgIpc) is 2.10. The second kappa shape index (κ2) is 5.99. The van der Waals surface area contributed by atoms with Gasteiger partial charge in [-0.25, -0.2) is 9.59 Å². The Morgan fingerprint density at radius 2 is 1.85 bits per heavy atom. The monoisotopic (exact) mass is 184 g/mol. The van der Waals surface area contributed by atoms with E-state index in [-0.39, 0.29) is 6.61 Å². The zero-order chi connectivity index (χ0) is 10.3. The lowest BCUT2D eigenvalue weighted by atomic mass is 10.4. The Bertz CT molecular complexity index is 240. The Labute approximate surface area is 76.8 Å². The maximum atomic E-state index is 10.8. The summed E-state index contributed by atoms with van der Waals surface area (Å²) in [6.45, 7) is 5.44. The molecule has 4 heteroatoms. The molecule has 0 unspecified atom stereocenters. The number of carbonyl (C=O) groups is 2. The minimum Gasteiger partial charge on any atom is -0.466 e. The van der Waals surface area contributed by atoms with E-state index in [4.69, 9.17) is 0 Å². The molecule has 0 aliphatic heterocycles. The van der Waals surface area contributed by atoms with Crippen LogP contribution >= 0.6 is 0 Å². The minimum atomic E-state index is -0.590. The van der Waals surface area contributed by atoms with Crippen LogP contribution in [0, 0.1) is 0 Å². The van der Waals surface area contributed by atoms with Gasteiger partial charge in [0.15, 0.2) is 0 Å². The summed E-state index contributed by atoms with van der Waals surface area (Å²) in [7, 11) is 1.23. The van der Waals surface area contributed by atoms with Gasteiger partial charge in [-0.1, -0.05) is 6.58 Å². The van der Waals surface area contributed by atoms with Crippen LogP contribution in [-0.2, 0) is 19.1 Å². The van der Waals surface area contributed by atoms with E-state index in [1.54, 1.807) is 6.92 Å². The van der Waals surface area contributed by atoms with Crippen LogP contribution in [-0.4, -0.2) is 25.7 Å². The van der Waals surface area contributed by atoms with Gasteiger partial charge in [0.05, 0.1) is 7.11 Å². The number of hydrogen-bond donors (Lipinski definition) is 0. The van der Waals surface area contributed by atoms with Crippen molar-refractivity contribution in [3.63, 3.8) is 0 Å². The summed E-state index contributed by atoms with van der Waals surface area (Å²) in [6.07, 6.45) is 2.01. The highest BCUT2D eigenvalue weighted by Gasteiger charge is 1.98. The molecule has 0 heterocycles. The first kappa shape index (κ1) is 11.4. The van der Waals surface area contributed by atoms with Gasteiger partial charge in [-0.3, -0.25) is 0 Å². The van der Waals surface area contributed by atoms with Gasteiger partial charge in [-0.2, -0.15) is 0 Å². The first-order valence-electron chi connectivity index (χ1n) is 3.63. The van der Waals surface area contributed by atoms with E-state index in [2.05, 4.69) is 16.1 Å². The fourth-order valence-electron chi connectivity index (χ4n) is 0.447. The van der Waals surface area contributed by atoms with E-state index in [9.17, 15) is 9.59 Å². The third-order valence-electron chi connectivity index (χ3n) is 1.02. The van der Waals surface area contributed by atoms with E-state index >= 15 is 0 Å². The number of ether oxygens (including phenoxy) is 2. The molecular weight excluding hydrogens is 172 g/mol. The number of methoxy groups -OCH3 is 1. The normalized spacial score (nSPS) is 9.69. The molecule has 0 radical (unpaired) electrons. The summed E-state index contributed by atoms with van der Waals surface area (Å²) in [5, 5.41) is 0. The van der Waals surface area contributed by atoms with Gasteiger partial charge in [-0.15, -0.1) is 0 Å². The molecule has 13 heavy (non-hydrogen) atoms. The maximum absolute atomic E-state index is 10.8. The molecule has 0 amide bonds. The van der Waals surface area contributed by atoms with Gasteiger partial charge in [0.25, 0.3) is 0 Å². The molecule has 0 rings (SSSR count). The molecule has 0 aromatic carbocycles. The van der Waals surface area contributed by atoms with Crippen molar-refractivity contribution in [2.45, 2.75) is 6.92 Å². The van der Waals surface area contributed by atoms with E-state index in [1.165, 1.54) is 7.11 Å². The quantitative estimate of drug-likeness (QED) is 0.369. The van der Waals surface area contributed by atoms with Crippen LogP contribution in [0.3, 0.4) is 0 Å². The van der Waals surface area contributed by atoms with E-state index in [0.29, 0.717) is 0 Å². The molecule has 0 saturated heterocycles. The topological polar surface area (TPSA) is 52.6 Å². The minimum absolute atomic E-state index is 0.157. The molecule has 0 atom stereocenters. The van der Waals surface area contributed by atoms with Gasteiger partial charge in [-0.05, 0) is 12.5 Å². The summed E-state index contributed by atoms with van der Waals surface area (Å²) in [5.74, 6) is -1.18. The molecule has 0 spiro atoms. The lowest BCUT2D eigenvalue weighted by molar-refractivity contribution is -0.138. The van der Waals surface area contributed by atoms with Crippen LogP contribution in [0.15, 0.2) is 24.3 Å². The van der Waals surface area contributed by atoms with Gasteiger partial charge in [0, 0.05) is 12.2 Å². The fraction of sp³-hybridized carbons (Fsp3) is 0.333. The number of esters is 2. The third kappa shape index (κ3) is 6.80. The molecule has 0 aromatic heterocycles. The van der Waals surface area contributed by atoms with Crippen LogP contribution in [0.1, 0.15) is 6.92 Å². The molecular formula is C9H12O4. The smallest absolute Gasteiger partial charge is 0.331 e. The highest BCUT2D eigenvalue weighted by Crippen LogP contribution is 1.90. The van der Waals surface area contributed by atoms with Gasteiger partial charge >= 0.3 is 11.9 Å². The average molecular weight is 184 g/mol. The van der Waals surface area contributed by atoms with E-state index in [1.807, 2.05) is 0 Å². The summed E-state index contributed by atoms with van der Waals surface area (Å²) < 4.78 is 8.94. The Balaban J connectivity index is 3.80. The highest BCUT2D eigenvalue weighted by atomic mass is 16.5. The first-order chi connectivity index (χ1) is 6.06. The summed E-state index contributed by atoms with van der Waals surface area (Å²) in [5.41, 5.74) is 0.736. The molecule has 0 aromatic rings. The SMILES string of the molecule is C=C(C)COC(=O)C=CC(=O)OC. The predicted octanol–water partition coefficient (Wildman–Crippen LogP) is 0.835. The molecule has 0 bridgehead atoms. The Kier molecular flexibility index (Phi) is 5.27. The van der Waals surface area contributed by atoms with Crippen LogP contribution < -0.4 is 0 Å².